The molecule has 1 N–H and O–H groups in total. The third kappa shape index (κ3) is 4.52. The number of carboxylic acid groups (broad SMARTS) is 1. The molecule has 140 valence electrons. The number of hydrogen-bond donors (Lipinski definition) is 1. The van der Waals surface area contributed by atoms with E-state index in [0.29, 0.717) is 13.0 Å². The summed E-state index contributed by atoms with van der Waals surface area (Å²) in [6.07, 6.45) is 0.459. The molecule has 1 aromatic rings. The number of aryl methyl sites for hydroxylation is 1. The van der Waals surface area contributed by atoms with Gasteiger partial charge in [0.1, 0.15) is 0 Å². The van der Waals surface area contributed by atoms with Crippen molar-refractivity contribution in [2.24, 2.45) is 11.3 Å². The van der Waals surface area contributed by atoms with Crippen molar-refractivity contribution >= 4 is 16.2 Å². The molecule has 1 amide bonds. The van der Waals surface area contributed by atoms with Gasteiger partial charge >= 0.3 is 6.09 Å². The maximum absolute atomic E-state index is 12.4. The number of likely N-dealkylation sites (tertiary alicyclic amines) is 1. The van der Waals surface area contributed by atoms with Gasteiger partial charge in [0.25, 0.3) is 10.1 Å². The van der Waals surface area contributed by atoms with Crippen molar-refractivity contribution < 1.29 is 22.5 Å². The summed E-state index contributed by atoms with van der Waals surface area (Å²) >= 11 is 0. The van der Waals surface area contributed by atoms with Gasteiger partial charge in [0.15, 0.2) is 0 Å². The molecule has 1 saturated heterocycles. The Balaban J connectivity index is 2.11. The van der Waals surface area contributed by atoms with Crippen LogP contribution in [0.4, 0.5) is 4.79 Å². The Morgan fingerprint density at radius 3 is 2.36 bits per heavy atom. The first kappa shape index (κ1) is 19.7. The maximum Gasteiger partial charge on any atom is 0.407 e. The summed E-state index contributed by atoms with van der Waals surface area (Å²) in [6.45, 7) is 8.28. The van der Waals surface area contributed by atoms with Crippen molar-refractivity contribution in [2.75, 3.05) is 13.2 Å². The first-order valence-corrected chi connectivity index (χ1v) is 9.95. The molecule has 0 bridgehead atoms. The second-order valence-electron chi connectivity index (χ2n) is 7.57. The van der Waals surface area contributed by atoms with Crippen LogP contribution in [0.2, 0.25) is 0 Å². The van der Waals surface area contributed by atoms with Crippen LogP contribution in [0, 0.1) is 11.3 Å². The molecule has 2 atom stereocenters. The first-order chi connectivity index (χ1) is 11.6. The van der Waals surface area contributed by atoms with Gasteiger partial charge in [0.2, 0.25) is 0 Å². The fourth-order valence-corrected chi connectivity index (χ4v) is 4.52. The Morgan fingerprint density at radius 2 is 1.88 bits per heavy atom. The van der Waals surface area contributed by atoms with Crippen molar-refractivity contribution in [3.63, 3.8) is 0 Å². The summed E-state index contributed by atoms with van der Waals surface area (Å²) in [4.78, 5) is 13.0. The van der Waals surface area contributed by atoms with E-state index in [1.165, 1.54) is 4.90 Å². The molecule has 7 heteroatoms. The Bertz CT molecular complexity index is 706. The van der Waals surface area contributed by atoms with E-state index in [0.717, 1.165) is 12.0 Å². The van der Waals surface area contributed by atoms with Gasteiger partial charge < -0.3 is 10.0 Å². The molecule has 25 heavy (non-hydrogen) atoms. The second kappa shape index (κ2) is 7.33. The van der Waals surface area contributed by atoms with Gasteiger partial charge in [0, 0.05) is 18.5 Å². The fraction of sp³-hybridized carbons (Fsp3) is 0.611. The van der Waals surface area contributed by atoms with Crippen LogP contribution in [-0.2, 0) is 20.7 Å². The molecule has 0 saturated carbocycles. The molecule has 0 aliphatic carbocycles. The molecule has 1 heterocycles. The van der Waals surface area contributed by atoms with Crippen LogP contribution in [0.25, 0.3) is 0 Å². The molecule has 0 aromatic heterocycles. The van der Waals surface area contributed by atoms with Crippen molar-refractivity contribution in [1.29, 1.82) is 0 Å². The third-order valence-corrected chi connectivity index (χ3v) is 6.01. The molecule has 2 unspecified atom stereocenters. The van der Waals surface area contributed by atoms with Crippen LogP contribution in [-0.4, -0.2) is 43.7 Å². The predicted molar refractivity (Wildman–Crippen MR) is 95.0 cm³/mol. The standard InChI is InChI=1S/C18H27NO5S/c1-5-13-6-8-15(9-7-13)25(22,23)24-12-14-10-11-19(17(20)21)16(14)18(2,3)4/h6-9,14,16H,5,10-12H2,1-4H3,(H,20,21). The summed E-state index contributed by atoms with van der Waals surface area (Å²) < 4.78 is 30.1. The number of amides is 1. The Hall–Kier alpha value is -1.60. The Kier molecular flexibility index (Phi) is 5.79. The monoisotopic (exact) mass is 369 g/mol. The van der Waals surface area contributed by atoms with Crippen LogP contribution in [0.1, 0.15) is 39.7 Å². The highest BCUT2D eigenvalue weighted by Gasteiger charge is 2.44. The van der Waals surface area contributed by atoms with Crippen LogP contribution in [0.5, 0.6) is 0 Å². The lowest BCUT2D eigenvalue weighted by Gasteiger charge is -2.36. The number of hydrogen-bond acceptors (Lipinski definition) is 4. The molecule has 1 aromatic carbocycles. The van der Waals surface area contributed by atoms with E-state index in [2.05, 4.69) is 0 Å². The normalized spacial score (nSPS) is 21.5. The van der Waals surface area contributed by atoms with E-state index in [1.807, 2.05) is 27.7 Å². The zero-order valence-corrected chi connectivity index (χ0v) is 16.0. The maximum atomic E-state index is 12.4. The highest BCUT2D eigenvalue weighted by atomic mass is 32.2. The smallest absolute Gasteiger partial charge is 0.407 e. The molecule has 2 rings (SSSR count). The molecule has 6 nitrogen and oxygen atoms in total. The largest absolute Gasteiger partial charge is 0.465 e. The van der Waals surface area contributed by atoms with Crippen molar-refractivity contribution in [3.05, 3.63) is 29.8 Å². The molecule has 1 aliphatic rings. The lowest BCUT2D eigenvalue weighted by atomic mass is 9.80. The SMILES string of the molecule is CCc1ccc(S(=O)(=O)OCC2CCN(C(=O)O)C2C(C)(C)C)cc1. The van der Waals surface area contributed by atoms with Gasteiger partial charge in [-0.2, -0.15) is 8.42 Å². The highest BCUT2D eigenvalue weighted by Crippen LogP contribution is 2.37. The third-order valence-electron chi connectivity index (χ3n) is 4.71. The zero-order valence-electron chi connectivity index (χ0n) is 15.2. The lowest BCUT2D eigenvalue weighted by Crippen LogP contribution is -2.46. The van der Waals surface area contributed by atoms with Crippen molar-refractivity contribution in [2.45, 2.75) is 51.5 Å². The minimum absolute atomic E-state index is 0.0103. The van der Waals surface area contributed by atoms with Crippen molar-refractivity contribution in [3.8, 4) is 0 Å². The van der Waals surface area contributed by atoms with Gasteiger partial charge in [-0.3, -0.25) is 4.18 Å². The summed E-state index contributed by atoms with van der Waals surface area (Å²) in [5.41, 5.74) is 0.759. The average molecular weight is 369 g/mol. The van der Waals surface area contributed by atoms with Gasteiger partial charge in [-0.15, -0.1) is 0 Å². The summed E-state index contributed by atoms with van der Waals surface area (Å²) in [5, 5.41) is 9.39. The first-order valence-electron chi connectivity index (χ1n) is 8.54. The van der Waals surface area contributed by atoms with E-state index in [-0.39, 0.29) is 28.9 Å². The summed E-state index contributed by atoms with van der Waals surface area (Å²) in [6, 6.07) is 6.37. The lowest BCUT2D eigenvalue weighted by molar-refractivity contribution is 0.0796. The molecule has 0 spiro atoms. The van der Waals surface area contributed by atoms with Crippen LogP contribution >= 0.6 is 0 Å². The predicted octanol–water partition coefficient (Wildman–Crippen LogP) is 3.37. The van der Waals surface area contributed by atoms with Gasteiger partial charge in [0.05, 0.1) is 11.5 Å². The van der Waals surface area contributed by atoms with Crippen LogP contribution < -0.4 is 0 Å². The fourth-order valence-electron chi connectivity index (χ4n) is 3.56. The highest BCUT2D eigenvalue weighted by molar-refractivity contribution is 7.86. The molecular formula is C18H27NO5S. The zero-order chi connectivity index (χ0) is 18.8. The van der Waals surface area contributed by atoms with E-state index in [1.54, 1.807) is 24.3 Å². The molecular weight excluding hydrogens is 342 g/mol. The quantitative estimate of drug-likeness (QED) is 0.805. The number of rotatable bonds is 5. The van der Waals surface area contributed by atoms with Gasteiger partial charge in [-0.1, -0.05) is 39.8 Å². The van der Waals surface area contributed by atoms with E-state index >= 15 is 0 Å². The van der Waals surface area contributed by atoms with Crippen LogP contribution in [0.15, 0.2) is 29.2 Å². The number of benzene rings is 1. The average Bonchev–Trinajstić information content (AvgIpc) is 2.98. The molecule has 1 aliphatic heterocycles. The van der Waals surface area contributed by atoms with E-state index in [9.17, 15) is 18.3 Å². The van der Waals surface area contributed by atoms with Gasteiger partial charge in [-0.25, -0.2) is 4.79 Å². The topological polar surface area (TPSA) is 83.9 Å². The van der Waals surface area contributed by atoms with Crippen LogP contribution in [0.3, 0.4) is 0 Å². The Morgan fingerprint density at radius 1 is 1.28 bits per heavy atom. The van der Waals surface area contributed by atoms with Gasteiger partial charge in [-0.05, 0) is 36.0 Å². The Labute approximate surface area is 149 Å². The number of nitrogens with zero attached hydrogens (tertiary/aromatic N) is 1. The second-order valence-corrected chi connectivity index (χ2v) is 9.19. The minimum atomic E-state index is -3.85. The minimum Gasteiger partial charge on any atom is -0.465 e. The summed E-state index contributed by atoms with van der Waals surface area (Å²) in [5.74, 6) is -0.152. The number of carbonyl (C=O) groups is 1. The van der Waals surface area contributed by atoms with E-state index < -0.39 is 16.2 Å². The van der Waals surface area contributed by atoms with E-state index in [4.69, 9.17) is 4.18 Å². The summed E-state index contributed by atoms with van der Waals surface area (Å²) in [7, 11) is -3.85. The molecule has 1 fully saturated rings. The van der Waals surface area contributed by atoms with Crippen molar-refractivity contribution in [1.82, 2.24) is 4.90 Å². The molecule has 0 radical (unpaired) electrons.